The van der Waals surface area contributed by atoms with Gasteiger partial charge in [0.25, 0.3) is 5.91 Å². The number of halogens is 4. The van der Waals surface area contributed by atoms with Gasteiger partial charge >= 0.3 is 6.18 Å². The van der Waals surface area contributed by atoms with E-state index in [1.54, 1.807) is 34.1 Å². The first-order chi connectivity index (χ1) is 15.3. The number of nitrogens with zero attached hydrogens (tertiary/aromatic N) is 3. The van der Waals surface area contributed by atoms with Crippen LogP contribution >= 0.6 is 11.6 Å². The van der Waals surface area contributed by atoms with Gasteiger partial charge in [-0.15, -0.1) is 0 Å². The Labute approximate surface area is 188 Å². The second-order valence-electron chi connectivity index (χ2n) is 7.25. The molecule has 5 nitrogen and oxygen atoms in total. The van der Waals surface area contributed by atoms with E-state index in [0.717, 1.165) is 12.3 Å². The van der Waals surface area contributed by atoms with E-state index in [0.29, 0.717) is 43.2 Å². The van der Waals surface area contributed by atoms with Gasteiger partial charge in [0.1, 0.15) is 17.3 Å². The molecule has 4 rings (SSSR count). The lowest BCUT2D eigenvalue weighted by Crippen LogP contribution is -2.49. The molecule has 2 aromatic carbocycles. The molecule has 0 bridgehead atoms. The molecule has 166 valence electrons. The van der Waals surface area contributed by atoms with Crippen LogP contribution in [0.25, 0.3) is 0 Å². The summed E-state index contributed by atoms with van der Waals surface area (Å²) in [6, 6.07) is 17.1. The minimum atomic E-state index is -4.50. The minimum absolute atomic E-state index is 0.0645. The Morgan fingerprint density at radius 2 is 1.62 bits per heavy atom. The number of carbonyl (C=O) groups excluding carboxylic acids is 1. The summed E-state index contributed by atoms with van der Waals surface area (Å²) >= 11 is 6.05. The van der Waals surface area contributed by atoms with Crippen LogP contribution in [0.4, 0.5) is 19.0 Å². The Balaban J connectivity index is 1.40. The van der Waals surface area contributed by atoms with Gasteiger partial charge in [-0.1, -0.05) is 35.9 Å². The van der Waals surface area contributed by atoms with E-state index in [1.807, 2.05) is 30.3 Å². The molecule has 0 unspecified atom stereocenters. The number of carbonyl (C=O) groups is 1. The topological polar surface area (TPSA) is 45.7 Å². The van der Waals surface area contributed by atoms with Crippen LogP contribution in [-0.2, 0) is 6.18 Å². The van der Waals surface area contributed by atoms with Crippen molar-refractivity contribution in [2.45, 2.75) is 6.18 Å². The maximum absolute atomic E-state index is 13.0. The number of rotatable bonds is 4. The van der Waals surface area contributed by atoms with Crippen molar-refractivity contribution in [3.05, 3.63) is 83.0 Å². The molecule has 1 amide bonds. The molecule has 1 saturated heterocycles. The van der Waals surface area contributed by atoms with Gasteiger partial charge in [0, 0.05) is 37.9 Å². The summed E-state index contributed by atoms with van der Waals surface area (Å²) < 4.78 is 44.3. The van der Waals surface area contributed by atoms with Crippen LogP contribution in [0.5, 0.6) is 11.5 Å². The third-order valence-electron chi connectivity index (χ3n) is 5.08. The first-order valence-corrected chi connectivity index (χ1v) is 10.3. The average Bonchev–Trinajstić information content (AvgIpc) is 2.79. The van der Waals surface area contributed by atoms with Crippen LogP contribution in [0.15, 0.2) is 66.9 Å². The fourth-order valence-electron chi connectivity index (χ4n) is 3.44. The van der Waals surface area contributed by atoms with Crippen molar-refractivity contribution in [3.63, 3.8) is 0 Å². The largest absolute Gasteiger partial charge is 0.457 e. The third kappa shape index (κ3) is 4.96. The summed E-state index contributed by atoms with van der Waals surface area (Å²) in [4.78, 5) is 20.3. The number of anilines is 1. The molecule has 0 saturated carbocycles. The molecule has 32 heavy (non-hydrogen) atoms. The van der Waals surface area contributed by atoms with Crippen LogP contribution < -0.4 is 9.64 Å². The molecule has 1 aliphatic heterocycles. The van der Waals surface area contributed by atoms with Crippen molar-refractivity contribution in [2.24, 2.45) is 0 Å². The number of pyridine rings is 1. The van der Waals surface area contributed by atoms with Crippen molar-refractivity contribution in [1.82, 2.24) is 9.88 Å². The van der Waals surface area contributed by atoms with Gasteiger partial charge in [-0.05, 0) is 36.4 Å². The highest BCUT2D eigenvalue weighted by atomic mass is 35.5. The van der Waals surface area contributed by atoms with Crippen LogP contribution in [0.1, 0.15) is 15.9 Å². The molecule has 1 fully saturated rings. The predicted molar refractivity (Wildman–Crippen MR) is 115 cm³/mol. The number of para-hydroxylation sites is 1. The predicted octanol–water partition coefficient (Wildman–Crippen LogP) is 5.51. The summed E-state index contributed by atoms with van der Waals surface area (Å²) in [7, 11) is 0. The van der Waals surface area contributed by atoms with Crippen LogP contribution in [0, 0.1) is 0 Å². The van der Waals surface area contributed by atoms with Crippen molar-refractivity contribution < 1.29 is 22.7 Å². The van der Waals surface area contributed by atoms with Crippen molar-refractivity contribution in [3.8, 4) is 11.5 Å². The van der Waals surface area contributed by atoms with Crippen LogP contribution in [-0.4, -0.2) is 42.0 Å². The maximum Gasteiger partial charge on any atom is 0.417 e. The highest BCUT2D eigenvalue weighted by Crippen LogP contribution is 2.34. The fraction of sp³-hybridized carbons (Fsp3) is 0.217. The van der Waals surface area contributed by atoms with Gasteiger partial charge in [-0.3, -0.25) is 4.79 Å². The molecule has 0 spiro atoms. The van der Waals surface area contributed by atoms with E-state index in [2.05, 4.69) is 4.98 Å². The number of ether oxygens (including phenoxy) is 1. The molecule has 2 heterocycles. The van der Waals surface area contributed by atoms with Crippen molar-refractivity contribution in [1.29, 1.82) is 0 Å². The smallest absolute Gasteiger partial charge is 0.417 e. The molecule has 1 aromatic heterocycles. The van der Waals surface area contributed by atoms with E-state index in [9.17, 15) is 18.0 Å². The highest BCUT2D eigenvalue weighted by Gasteiger charge is 2.32. The molecule has 3 aromatic rings. The number of alkyl halides is 3. The van der Waals surface area contributed by atoms with E-state index in [4.69, 9.17) is 16.3 Å². The summed E-state index contributed by atoms with van der Waals surface area (Å²) in [6.45, 7) is 1.59. The zero-order chi connectivity index (χ0) is 22.7. The third-order valence-corrected chi connectivity index (χ3v) is 5.35. The number of hydrogen-bond donors (Lipinski definition) is 0. The second-order valence-corrected chi connectivity index (χ2v) is 7.66. The summed E-state index contributed by atoms with van der Waals surface area (Å²) in [5, 5.41) is -0.0645. The molecule has 0 N–H and O–H groups in total. The van der Waals surface area contributed by atoms with E-state index in [-0.39, 0.29) is 16.7 Å². The zero-order valence-electron chi connectivity index (χ0n) is 16.8. The van der Waals surface area contributed by atoms with Gasteiger partial charge in [0.2, 0.25) is 0 Å². The van der Waals surface area contributed by atoms with E-state index >= 15 is 0 Å². The van der Waals surface area contributed by atoms with Gasteiger partial charge in [-0.25, -0.2) is 4.98 Å². The number of amides is 1. The lowest BCUT2D eigenvalue weighted by Gasteiger charge is -2.36. The summed E-state index contributed by atoms with van der Waals surface area (Å²) in [5.41, 5.74) is -0.393. The second kappa shape index (κ2) is 9.08. The lowest BCUT2D eigenvalue weighted by atomic mass is 10.1. The standard InChI is InChI=1S/C23H19ClF3N3O2/c24-20-14-17(23(25,26)27)15-28-21(20)29-9-11-30(12-10-29)22(31)16-5-4-8-19(13-16)32-18-6-2-1-3-7-18/h1-8,13-15H,9-12H2. The Hall–Kier alpha value is -3.26. The van der Waals surface area contributed by atoms with Gasteiger partial charge < -0.3 is 14.5 Å². The van der Waals surface area contributed by atoms with Crippen molar-refractivity contribution >= 4 is 23.3 Å². The highest BCUT2D eigenvalue weighted by molar-refractivity contribution is 6.33. The molecule has 9 heteroatoms. The lowest BCUT2D eigenvalue weighted by molar-refractivity contribution is -0.137. The monoisotopic (exact) mass is 461 g/mol. The minimum Gasteiger partial charge on any atom is -0.457 e. The molecule has 0 atom stereocenters. The first kappa shape index (κ1) is 22.0. The molecular formula is C23H19ClF3N3O2. The van der Waals surface area contributed by atoms with Crippen LogP contribution in [0.3, 0.4) is 0 Å². The number of hydrogen-bond acceptors (Lipinski definition) is 4. The molecule has 0 radical (unpaired) electrons. The molecule has 0 aliphatic carbocycles. The Kier molecular flexibility index (Phi) is 6.23. The fourth-order valence-corrected chi connectivity index (χ4v) is 3.73. The number of piperazine rings is 1. The van der Waals surface area contributed by atoms with Crippen molar-refractivity contribution in [2.75, 3.05) is 31.1 Å². The Bertz CT molecular complexity index is 1100. The van der Waals surface area contributed by atoms with E-state index < -0.39 is 11.7 Å². The number of benzene rings is 2. The maximum atomic E-state index is 13.0. The quantitative estimate of drug-likeness (QED) is 0.514. The first-order valence-electron chi connectivity index (χ1n) is 9.91. The molecular weight excluding hydrogens is 443 g/mol. The van der Waals surface area contributed by atoms with Crippen LogP contribution in [0.2, 0.25) is 5.02 Å². The van der Waals surface area contributed by atoms with Gasteiger partial charge in [0.15, 0.2) is 0 Å². The zero-order valence-corrected chi connectivity index (χ0v) is 17.6. The normalized spacial score (nSPS) is 14.4. The van der Waals surface area contributed by atoms with Gasteiger partial charge in [-0.2, -0.15) is 13.2 Å². The Morgan fingerprint density at radius 1 is 0.938 bits per heavy atom. The summed E-state index contributed by atoms with van der Waals surface area (Å²) in [5.74, 6) is 1.37. The van der Waals surface area contributed by atoms with E-state index in [1.165, 1.54) is 0 Å². The SMILES string of the molecule is O=C(c1cccc(Oc2ccccc2)c1)N1CCN(c2ncc(C(F)(F)F)cc2Cl)CC1. The van der Waals surface area contributed by atoms with Gasteiger partial charge in [0.05, 0.1) is 10.6 Å². The average molecular weight is 462 g/mol. The molecule has 1 aliphatic rings. The number of aromatic nitrogens is 1. The summed E-state index contributed by atoms with van der Waals surface area (Å²) in [6.07, 6.45) is -3.73. The Morgan fingerprint density at radius 3 is 2.28 bits per heavy atom.